The van der Waals surface area contributed by atoms with E-state index in [-0.39, 0.29) is 12.6 Å². The molecule has 0 aliphatic rings. The van der Waals surface area contributed by atoms with Crippen LogP contribution in [0, 0.1) is 0 Å². The molecule has 0 amide bonds. The van der Waals surface area contributed by atoms with Crippen molar-refractivity contribution in [2.45, 2.75) is 31.9 Å². The van der Waals surface area contributed by atoms with Crippen LogP contribution in [0.1, 0.15) is 20.8 Å². The monoisotopic (exact) mass is 317 g/mol. The summed E-state index contributed by atoms with van der Waals surface area (Å²) in [5, 5.41) is 2.63. The smallest absolute Gasteiger partial charge is 0.329 e. The Balaban J connectivity index is 2.68. The van der Waals surface area contributed by atoms with Gasteiger partial charge in [0.1, 0.15) is 17.3 Å². The van der Waals surface area contributed by atoms with E-state index in [2.05, 4.69) is 17.7 Å². The van der Waals surface area contributed by atoms with Crippen molar-refractivity contribution in [3.05, 3.63) is 30.3 Å². The number of ether oxygens (including phenoxy) is 1. The van der Waals surface area contributed by atoms with E-state index in [1.165, 1.54) is 0 Å². The second kappa shape index (κ2) is 7.72. The van der Waals surface area contributed by atoms with Crippen molar-refractivity contribution in [2.24, 2.45) is 0 Å². The van der Waals surface area contributed by atoms with Gasteiger partial charge in [-0.25, -0.2) is 5.09 Å². The maximum atomic E-state index is 12.7. The highest BCUT2D eigenvalue weighted by Gasteiger charge is 2.30. The number of rotatable bonds is 7. The highest BCUT2D eigenvalue weighted by Crippen LogP contribution is 2.49. The highest BCUT2D eigenvalue weighted by molar-refractivity contribution is 7.90. The van der Waals surface area contributed by atoms with Gasteiger partial charge in [-0.3, -0.25) is 9.36 Å². The molecule has 2 atom stereocenters. The summed E-state index contributed by atoms with van der Waals surface area (Å²) in [7, 11) is -3.30. The Labute approximate surface area is 125 Å². The SMILES string of the molecule is CC(C)OC(=O)CNP(=O)(Oc1ccccc1)C(C)S. The van der Waals surface area contributed by atoms with Crippen LogP contribution in [0.3, 0.4) is 0 Å². The molecule has 7 heteroatoms. The van der Waals surface area contributed by atoms with E-state index in [0.29, 0.717) is 5.75 Å². The zero-order valence-electron chi connectivity index (χ0n) is 11.8. The summed E-state index contributed by atoms with van der Waals surface area (Å²) < 4.78 is 23.1. The largest absolute Gasteiger partial charge is 0.462 e. The van der Waals surface area contributed by atoms with Crippen molar-refractivity contribution in [3.63, 3.8) is 0 Å². The maximum absolute atomic E-state index is 12.7. The third-order valence-corrected chi connectivity index (χ3v) is 5.26. The Kier molecular flexibility index (Phi) is 6.59. The van der Waals surface area contributed by atoms with E-state index in [1.807, 2.05) is 6.07 Å². The molecular formula is C13H20NO4PS. The van der Waals surface area contributed by atoms with E-state index < -0.39 is 18.5 Å². The molecule has 0 aliphatic heterocycles. The number of nitrogens with one attached hydrogen (secondary N) is 1. The molecule has 5 nitrogen and oxygen atoms in total. The van der Waals surface area contributed by atoms with Crippen molar-refractivity contribution in [2.75, 3.05) is 6.54 Å². The van der Waals surface area contributed by atoms with Gasteiger partial charge in [-0.15, -0.1) is 0 Å². The number of thiol groups is 1. The third kappa shape index (κ3) is 5.57. The molecule has 0 fully saturated rings. The standard InChI is InChI=1S/C13H20NO4PS/c1-10(2)17-13(15)9-14-19(16,11(3)20)18-12-7-5-4-6-8-12/h4-8,10-11,20H,9H2,1-3H3,(H,14,16). The van der Waals surface area contributed by atoms with Crippen LogP contribution in [0.5, 0.6) is 5.75 Å². The lowest BCUT2D eigenvalue weighted by atomic mass is 10.3. The van der Waals surface area contributed by atoms with Gasteiger partial charge in [0.25, 0.3) is 0 Å². The van der Waals surface area contributed by atoms with Gasteiger partial charge in [0.2, 0.25) is 0 Å². The van der Waals surface area contributed by atoms with E-state index in [4.69, 9.17) is 9.26 Å². The molecule has 1 aromatic carbocycles. The van der Waals surface area contributed by atoms with Crippen molar-refractivity contribution in [1.82, 2.24) is 5.09 Å². The van der Waals surface area contributed by atoms with Crippen LogP contribution in [0.4, 0.5) is 0 Å². The Morgan fingerprint density at radius 3 is 2.40 bits per heavy atom. The molecule has 20 heavy (non-hydrogen) atoms. The number of hydrogen-bond acceptors (Lipinski definition) is 5. The molecule has 112 valence electrons. The first-order valence-corrected chi connectivity index (χ1v) is 8.51. The first-order chi connectivity index (χ1) is 9.33. The summed E-state index contributed by atoms with van der Waals surface area (Å²) >= 11 is 4.18. The molecule has 0 saturated heterocycles. The predicted molar refractivity (Wildman–Crippen MR) is 82.4 cm³/mol. The second-order valence-corrected chi connectivity index (χ2v) is 8.16. The molecule has 1 aromatic rings. The van der Waals surface area contributed by atoms with Crippen LogP contribution in [-0.2, 0) is 14.1 Å². The Hall–Kier alpha value is -0.970. The fourth-order valence-corrected chi connectivity index (χ4v) is 3.01. The lowest BCUT2D eigenvalue weighted by Gasteiger charge is -2.23. The topological polar surface area (TPSA) is 64.6 Å². The molecule has 0 bridgehead atoms. The normalized spacial score (nSPS) is 15.4. The number of esters is 1. The Morgan fingerprint density at radius 2 is 1.90 bits per heavy atom. The lowest BCUT2D eigenvalue weighted by molar-refractivity contribution is -0.145. The molecule has 1 N–H and O–H groups in total. The first-order valence-electron chi connectivity index (χ1n) is 6.30. The van der Waals surface area contributed by atoms with Crippen LogP contribution in [0.25, 0.3) is 0 Å². The fraction of sp³-hybridized carbons (Fsp3) is 0.462. The fourth-order valence-electron chi connectivity index (χ4n) is 1.36. The molecule has 2 unspecified atom stereocenters. The zero-order valence-corrected chi connectivity index (χ0v) is 13.6. The minimum absolute atomic E-state index is 0.187. The van der Waals surface area contributed by atoms with Crippen molar-refractivity contribution in [3.8, 4) is 5.75 Å². The van der Waals surface area contributed by atoms with Crippen molar-refractivity contribution >= 4 is 26.1 Å². The summed E-state index contributed by atoms with van der Waals surface area (Å²) in [6, 6.07) is 8.76. The molecule has 1 rings (SSSR count). The van der Waals surface area contributed by atoms with Gasteiger partial charge in [0.05, 0.1) is 6.10 Å². The van der Waals surface area contributed by atoms with Crippen molar-refractivity contribution in [1.29, 1.82) is 0 Å². The average molecular weight is 317 g/mol. The number of carbonyl (C=O) groups excluding carboxylic acids is 1. The number of benzene rings is 1. The lowest BCUT2D eigenvalue weighted by Crippen LogP contribution is -2.28. The van der Waals surface area contributed by atoms with E-state index in [9.17, 15) is 9.36 Å². The van der Waals surface area contributed by atoms with Gasteiger partial charge in [0.15, 0.2) is 0 Å². The summed E-state index contributed by atoms with van der Waals surface area (Å²) in [4.78, 5) is 10.9. The van der Waals surface area contributed by atoms with Crippen LogP contribution >= 0.6 is 20.1 Å². The maximum Gasteiger partial charge on any atom is 0.329 e. The minimum atomic E-state index is -3.30. The third-order valence-electron chi connectivity index (χ3n) is 2.29. The van der Waals surface area contributed by atoms with E-state index in [1.54, 1.807) is 45.0 Å². The summed E-state index contributed by atoms with van der Waals surface area (Å²) in [6.07, 6.45) is -0.216. The molecule has 0 spiro atoms. The van der Waals surface area contributed by atoms with E-state index >= 15 is 0 Å². The highest BCUT2D eigenvalue weighted by atomic mass is 32.1. The molecule has 0 aliphatic carbocycles. The van der Waals surface area contributed by atoms with Gasteiger partial charge in [0, 0.05) is 0 Å². The van der Waals surface area contributed by atoms with Gasteiger partial charge in [-0.05, 0) is 32.9 Å². The van der Waals surface area contributed by atoms with Gasteiger partial charge in [-0.1, -0.05) is 18.2 Å². The summed E-state index contributed by atoms with van der Waals surface area (Å²) in [5.74, 6) is -0.0210. The number of carbonyl (C=O) groups is 1. The molecule has 0 heterocycles. The second-order valence-electron chi connectivity index (χ2n) is 4.51. The average Bonchev–Trinajstić information content (AvgIpc) is 2.36. The molecule has 0 aromatic heterocycles. The summed E-state index contributed by atoms with van der Waals surface area (Å²) in [5.41, 5.74) is 0. The van der Waals surface area contributed by atoms with Crippen LogP contribution < -0.4 is 9.61 Å². The zero-order chi connectivity index (χ0) is 15.2. The van der Waals surface area contributed by atoms with Crippen LogP contribution in [0.15, 0.2) is 30.3 Å². The van der Waals surface area contributed by atoms with Gasteiger partial charge >= 0.3 is 13.5 Å². The molecule has 0 radical (unpaired) electrons. The molecule has 0 saturated carbocycles. The van der Waals surface area contributed by atoms with Gasteiger partial charge < -0.3 is 9.26 Å². The minimum Gasteiger partial charge on any atom is -0.462 e. The summed E-state index contributed by atoms with van der Waals surface area (Å²) in [6.45, 7) is 4.96. The number of para-hydroxylation sites is 1. The van der Waals surface area contributed by atoms with Crippen LogP contribution in [0.2, 0.25) is 0 Å². The predicted octanol–water partition coefficient (Wildman–Crippen LogP) is 3.08. The van der Waals surface area contributed by atoms with Crippen molar-refractivity contribution < 1.29 is 18.6 Å². The quantitative estimate of drug-likeness (QED) is 0.460. The van der Waals surface area contributed by atoms with E-state index in [0.717, 1.165) is 0 Å². The molecular weight excluding hydrogens is 297 g/mol. The van der Waals surface area contributed by atoms with Crippen LogP contribution in [-0.4, -0.2) is 23.6 Å². The Morgan fingerprint density at radius 1 is 1.30 bits per heavy atom. The number of hydrogen-bond donors (Lipinski definition) is 2. The first kappa shape index (κ1) is 17.1. The Bertz CT molecular complexity index is 479. The van der Waals surface area contributed by atoms with Gasteiger partial charge in [-0.2, -0.15) is 12.6 Å².